The number of amides is 1. The summed E-state index contributed by atoms with van der Waals surface area (Å²) in [6.07, 6.45) is 6.38. The molecular formula is C17H13FN4OS. The maximum atomic E-state index is 13.4. The first-order valence-corrected chi connectivity index (χ1v) is 8.42. The number of aromatic nitrogens is 3. The topological polar surface area (TPSA) is 59.0 Å². The summed E-state index contributed by atoms with van der Waals surface area (Å²) >= 11 is 1.36. The van der Waals surface area contributed by atoms with Crippen molar-refractivity contribution in [1.29, 1.82) is 0 Å². The first kappa shape index (κ1) is 14.9. The number of hydrogen-bond acceptors (Lipinski definition) is 5. The Morgan fingerprint density at radius 2 is 2.21 bits per heavy atom. The predicted molar refractivity (Wildman–Crippen MR) is 89.5 cm³/mol. The van der Waals surface area contributed by atoms with E-state index in [2.05, 4.69) is 15.0 Å². The highest BCUT2D eigenvalue weighted by atomic mass is 32.1. The Morgan fingerprint density at radius 3 is 3.04 bits per heavy atom. The van der Waals surface area contributed by atoms with Gasteiger partial charge in [-0.15, -0.1) is 11.3 Å². The Labute approximate surface area is 141 Å². The van der Waals surface area contributed by atoms with Gasteiger partial charge in [0.05, 0.1) is 6.20 Å². The number of benzene rings is 1. The van der Waals surface area contributed by atoms with Crippen molar-refractivity contribution in [2.45, 2.75) is 12.8 Å². The monoisotopic (exact) mass is 340 g/mol. The number of rotatable bonds is 2. The van der Waals surface area contributed by atoms with Gasteiger partial charge >= 0.3 is 0 Å². The van der Waals surface area contributed by atoms with Gasteiger partial charge in [0.25, 0.3) is 5.91 Å². The number of aryl methyl sites for hydroxylation is 1. The first-order chi connectivity index (χ1) is 11.7. The first-order valence-electron chi connectivity index (χ1n) is 7.54. The summed E-state index contributed by atoms with van der Waals surface area (Å²) in [6.45, 7) is 0.607. The van der Waals surface area contributed by atoms with E-state index in [1.807, 2.05) is 0 Å². The molecule has 1 aliphatic heterocycles. The van der Waals surface area contributed by atoms with E-state index in [0.717, 1.165) is 24.1 Å². The lowest BCUT2D eigenvalue weighted by Gasteiger charge is -2.28. The van der Waals surface area contributed by atoms with Gasteiger partial charge in [-0.25, -0.2) is 9.37 Å². The van der Waals surface area contributed by atoms with Gasteiger partial charge in [0.1, 0.15) is 22.2 Å². The number of anilines is 1. The Morgan fingerprint density at radius 1 is 1.29 bits per heavy atom. The second kappa shape index (κ2) is 6.09. The van der Waals surface area contributed by atoms with Crippen molar-refractivity contribution in [3.8, 4) is 10.7 Å². The maximum Gasteiger partial charge on any atom is 0.277 e. The molecule has 0 unspecified atom stereocenters. The number of thiazole rings is 1. The minimum atomic E-state index is -0.276. The summed E-state index contributed by atoms with van der Waals surface area (Å²) in [5.74, 6) is -0.449. The molecule has 0 atom stereocenters. The molecule has 5 nitrogen and oxygen atoms in total. The predicted octanol–water partition coefficient (Wildman–Crippen LogP) is 3.33. The summed E-state index contributed by atoms with van der Waals surface area (Å²) in [5, 5.41) is 2.38. The molecule has 0 bridgehead atoms. The van der Waals surface area contributed by atoms with Crippen molar-refractivity contribution < 1.29 is 9.18 Å². The van der Waals surface area contributed by atoms with Crippen molar-refractivity contribution in [1.82, 2.24) is 15.0 Å². The third-order valence-corrected chi connectivity index (χ3v) is 4.78. The highest BCUT2D eigenvalue weighted by molar-refractivity contribution is 7.13. The van der Waals surface area contributed by atoms with Gasteiger partial charge in [-0.1, -0.05) is 0 Å². The second-order valence-corrected chi connectivity index (χ2v) is 6.32. The van der Waals surface area contributed by atoms with E-state index < -0.39 is 0 Å². The van der Waals surface area contributed by atoms with E-state index in [1.165, 1.54) is 23.5 Å². The van der Waals surface area contributed by atoms with Crippen LogP contribution in [0.4, 0.5) is 10.1 Å². The average molecular weight is 340 g/mol. The third-order valence-electron chi connectivity index (χ3n) is 3.91. The van der Waals surface area contributed by atoms with Crippen LogP contribution in [0.25, 0.3) is 10.7 Å². The molecule has 0 fully saturated rings. The number of hydrogen-bond donors (Lipinski definition) is 0. The lowest BCUT2D eigenvalue weighted by molar-refractivity contribution is 0.0981. The standard InChI is InChI=1S/C17H13FN4OS/c18-12-3-4-15-11(8-12)2-1-7-22(15)17(23)14-10-24-16(21-14)13-9-19-5-6-20-13/h3-6,8-10H,1-2,7H2. The number of carbonyl (C=O) groups excluding carboxylic acids is 1. The quantitative estimate of drug-likeness (QED) is 0.718. The van der Waals surface area contributed by atoms with E-state index >= 15 is 0 Å². The molecule has 3 aromatic rings. The van der Waals surface area contributed by atoms with Crippen molar-refractivity contribution in [2.24, 2.45) is 0 Å². The molecule has 0 spiro atoms. The van der Waals surface area contributed by atoms with Gasteiger partial charge in [0, 0.05) is 30.0 Å². The molecule has 1 aliphatic rings. The molecule has 0 saturated heterocycles. The van der Waals surface area contributed by atoms with Crippen LogP contribution in [0.5, 0.6) is 0 Å². The molecule has 0 radical (unpaired) electrons. The van der Waals surface area contributed by atoms with Crippen LogP contribution in [0.1, 0.15) is 22.5 Å². The molecular weight excluding hydrogens is 327 g/mol. The zero-order valence-corrected chi connectivity index (χ0v) is 13.5. The molecule has 0 N–H and O–H groups in total. The molecule has 2 aromatic heterocycles. The molecule has 4 rings (SSSR count). The van der Waals surface area contributed by atoms with E-state index in [9.17, 15) is 9.18 Å². The van der Waals surface area contributed by atoms with Crippen LogP contribution >= 0.6 is 11.3 Å². The Balaban J connectivity index is 1.65. The fraction of sp³-hybridized carbons (Fsp3) is 0.176. The van der Waals surface area contributed by atoms with Crippen LogP contribution in [0.15, 0.2) is 42.2 Å². The van der Waals surface area contributed by atoms with Crippen LogP contribution in [0.3, 0.4) is 0 Å². The van der Waals surface area contributed by atoms with Crippen molar-refractivity contribution in [3.63, 3.8) is 0 Å². The minimum Gasteiger partial charge on any atom is -0.307 e. The van der Waals surface area contributed by atoms with Crippen LogP contribution in [0, 0.1) is 5.82 Å². The molecule has 1 amide bonds. The van der Waals surface area contributed by atoms with Crippen molar-refractivity contribution in [3.05, 3.63) is 59.2 Å². The molecule has 0 aliphatic carbocycles. The SMILES string of the molecule is O=C(c1csc(-c2cnccn2)n1)N1CCCc2cc(F)ccc21. The summed E-state index contributed by atoms with van der Waals surface area (Å²) < 4.78 is 13.4. The summed E-state index contributed by atoms with van der Waals surface area (Å²) in [7, 11) is 0. The summed E-state index contributed by atoms with van der Waals surface area (Å²) in [6, 6.07) is 4.55. The number of carbonyl (C=O) groups is 1. The minimum absolute atomic E-state index is 0.172. The molecule has 7 heteroatoms. The Kier molecular flexibility index (Phi) is 3.78. The van der Waals surface area contributed by atoms with Gasteiger partial charge in [-0.2, -0.15) is 0 Å². The molecule has 24 heavy (non-hydrogen) atoms. The van der Waals surface area contributed by atoms with Crippen LogP contribution < -0.4 is 4.90 Å². The molecule has 120 valence electrons. The third kappa shape index (κ3) is 2.67. The zero-order chi connectivity index (χ0) is 16.5. The number of nitrogens with zero attached hydrogens (tertiary/aromatic N) is 4. The van der Waals surface area contributed by atoms with E-state index in [0.29, 0.717) is 22.9 Å². The van der Waals surface area contributed by atoms with Gasteiger partial charge in [-0.3, -0.25) is 14.8 Å². The van der Waals surface area contributed by atoms with Crippen LogP contribution in [0.2, 0.25) is 0 Å². The van der Waals surface area contributed by atoms with Crippen LogP contribution in [-0.2, 0) is 6.42 Å². The zero-order valence-electron chi connectivity index (χ0n) is 12.6. The number of halogens is 1. The lowest BCUT2D eigenvalue weighted by atomic mass is 10.0. The average Bonchev–Trinajstić information content (AvgIpc) is 3.11. The molecule has 3 heterocycles. The second-order valence-electron chi connectivity index (χ2n) is 5.46. The normalized spacial score (nSPS) is 13.6. The number of fused-ring (bicyclic) bond motifs is 1. The molecule has 1 aromatic carbocycles. The highest BCUT2D eigenvalue weighted by Crippen LogP contribution is 2.30. The fourth-order valence-electron chi connectivity index (χ4n) is 2.81. The fourth-order valence-corrected chi connectivity index (χ4v) is 3.57. The van der Waals surface area contributed by atoms with Gasteiger partial charge in [0.2, 0.25) is 0 Å². The van der Waals surface area contributed by atoms with Crippen molar-refractivity contribution in [2.75, 3.05) is 11.4 Å². The summed E-state index contributed by atoms with van der Waals surface area (Å²) in [5.41, 5.74) is 2.64. The van der Waals surface area contributed by atoms with Gasteiger partial charge < -0.3 is 4.90 Å². The Bertz CT molecular complexity index is 897. The van der Waals surface area contributed by atoms with Gasteiger partial charge in [0.15, 0.2) is 0 Å². The van der Waals surface area contributed by atoms with E-state index in [4.69, 9.17) is 0 Å². The molecule has 0 saturated carbocycles. The smallest absolute Gasteiger partial charge is 0.277 e. The van der Waals surface area contributed by atoms with E-state index in [-0.39, 0.29) is 11.7 Å². The Hall–Kier alpha value is -2.67. The largest absolute Gasteiger partial charge is 0.307 e. The highest BCUT2D eigenvalue weighted by Gasteiger charge is 2.25. The van der Waals surface area contributed by atoms with Crippen LogP contribution in [-0.4, -0.2) is 27.4 Å². The maximum absolute atomic E-state index is 13.4. The summed E-state index contributed by atoms with van der Waals surface area (Å²) in [4.78, 5) is 27.1. The van der Waals surface area contributed by atoms with Gasteiger partial charge in [-0.05, 0) is 36.6 Å². The lowest BCUT2D eigenvalue weighted by Crippen LogP contribution is -2.35. The van der Waals surface area contributed by atoms with Crippen molar-refractivity contribution >= 4 is 22.9 Å². The van der Waals surface area contributed by atoms with E-state index in [1.54, 1.807) is 34.9 Å².